The third kappa shape index (κ3) is 3.75. The van der Waals surface area contributed by atoms with Crippen LogP contribution in [0.1, 0.15) is 12.0 Å². The van der Waals surface area contributed by atoms with Crippen LogP contribution >= 0.6 is 23.2 Å². The van der Waals surface area contributed by atoms with E-state index in [4.69, 9.17) is 23.2 Å². The Bertz CT molecular complexity index is 1140. The van der Waals surface area contributed by atoms with Crippen LogP contribution in [0.5, 0.6) is 0 Å². The van der Waals surface area contributed by atoms with Crippen molar-refractivity contribution in [2.24, 2.45) is 5.10 Å². The molecule has 0 fully saturated rings. The molecule has 0 spiro atoms. The van der Waals surface area contributed by atoms with E-state index in [9.17, 15) is 4.79 Å². The highest BCUT2D eigenvalue weighted by Crippen LogP contribution is 2.28. The number of nitrogens with one attached hydrogen (secondary N) is 1. The minimum Gasteiger partial charge on any atom is -0.340 e. The number of aromatic nitrogens is 1. The Kier molecular flexibility index (Phi) is 5.33. The number of amides is 1. The van der Waals surface area contributed by atoms with Gasteiger partial charge in [-0.1, -0.05) is 65.7 Å². The highest BCUT2D eigenvalue weighted by atomic mass is 35.5. The summed E-state index contributed by atoms with van der Waals surface area (Å²) in [5.41, 5.74) is 5.48. The van der Waals surface area contributed by atoms with Crippen LogP contribution in [0, 0.1) is 0 Å². The van der Waals surface area contributed by atoms with Crippen molar-refractivity contribution in [2.75, 3.05) is 0 Å². The maximum atomic E-state index is 12.2. The number of carbonyl (C=O) groups is 1. The van der Waals surface area contributed by atoms with Crippen molar-refractivity contribution in [1.29, 1.82) is 0 Å². The summed E-state index contributed by atoms with van der Waals surface area (Å²) in [7, 11) is 0. The Morgan fingerprint density at radius 2 is 1.61 bits per heavy atom. The second kappa shape index (κ2) is 8.05. The van der Waals surface area contributed by atoms with Crippen molar-refractivity contribution in [2.45, 2.75) is 13.0 Å². The monoisotopic (exact) mass is 409 g/mol. The van der Waals surface area contributed by atoms with Crippen LogP contribution in [-0.2, 0) is 11.3 Å². The SMILES string of the molecule is O=C(CCn1c2ccccc2c2ccccc21)N/N=C/c1ccc(Cl)cc1Cl. The summed E-state index contributed by atoms with van der Waals surface area (Å²) in [6.07, 6.45) is 1.82. The van der Waals surface area contributed by atoms with Gasteiger partial charge in [0.25, 0.3) is 0 Å². The van der Waals surface area contributed by atoms with Crippen LogP contribution in [-0.4, -0.2) is 16.7 Å². The maximum absolute atomic E-state index is 12.2. The molecular formula is C22H17Cl2N3O. The van der Waals surface area contributed by atoms with E-state index in [1.54, 1.807) is 18.2 Å². The van der Waals surface area contributed by atoms with Gasteiger partial charge < -0.3 is 4.57 Å². The molecular weight excluding hydrogens is 393 g/mol. The van der Waals surface area contributed by atoms with Crippen LogP contribution in [0.25, 0.3) is 21.8 Å². The van der Waals surface area contributed by atoms with Crippen LogP contribution in [0.3, 0.4) is 0 Å². The van der Waals surface area contributed by atoms with Gasteiger partial charge in [-0.05, 0) is 24.3 Å². The maximum Gasteiger partial charge on any atom is 0.241 e. The number of benzene rings is 3. The van der Waals surface area contributed by atoms with E-state index in [1.807, 2.05) is 24.3 Å². The Balaban J connectivity index is 1.47. The fourth-order valence-corrected chi connectivity index (χ4v) is 3.75. The quantitative estimate of drug-likeness (QED) is 0.336. The highest BCUT2D eigenvalue weighted by Gasteiger charge is 2.10. The molecule has 4 nitrogen and oxygen atoms in total. The van der Waals surface area contributed by atoms with E-state index in [0.29, 0.717) is 28.6 Å². The van der Waals surface area contributed by atoms with Gasteiger partial charge in [-0.3, -0.25) is 4.79 Å². The first-order chi connectivity index (χ1) is 13.6. The fraction of sp³-hybridized carbons (Fsp3) is 0.0909. The van der Waals surface area contributed by atoms with Crippen molar-refractivity contribution in [3.8, 4) is 0 Å². The summed E-state index contributed by atoms with van der Waals surface area (Å²) < 4.78 is 2.17. The van der Waals surface area contributed by atoms with E-state index < -0.39 is 0 Å². The number of hydrogen-bond donors (Lipinski definition) is 1. The lowest BCUT2D eigenvalue weighted by Crippen LogP contribution is -2.19. The highest BCUT2D eigenvalue weighted by molar-refractivity contribution is 6.36. The Hall–Kier alpha value is -2.82. The van der Waals surface area contributed by atoms with E-state index in [0.717, 1.165) is 11.0 Å². The lowest BCUT2D eigenvalue weighted by molar-refractivity contribution is -0.121. The largest absolute Gasteiger partial charge is 0.340 e. The molecule has 4 rings (SSSR count). The van der Waals surface area contributed by atoms with Gasteiger partial charge in [-0.25, -0.2) is 5.43 Å². The van der Waals surface area contributed by atoms with E-state index in [1.165, 1.54) is 17.0 Å². The summed E-state index contributed by atoms with van der Waals surface area (Å²) >= 11 is 12.0. The molecule has 1 aromatic heterocycles. The molecule has 0 saturated carbocycles. The second-order valence-corrected chi connectivity index (χ2v) is 7.24. The minimum absolute atomic E-state index is 0.164. The van der Waals surface area contributed by atoms with Crippen molar-refractivity contribution < 1.29 is 4.79 Å². The first kappa shape index (κ1) is 18.5. The van der Waals surface area contributed by atoms with Crippen molar-refractivity contribution in [3.63, 3.8) is 0 Å². The van der Waals surface area contributed by atoms with E-state index in [2.05, 4.69) is 39.4 Å². The normalized spacial score (nSPS) is 11.5. The lowest BCUT2D eigenvalue weighted by Gasteiger charge is -2.06. The summed E-state index contributed by atoms with van der Waals surface area (Å²) in [6.45, 7) is 0.567. The predicted octanol–water partition coefficient (Wildman–Crippen LogP) is 5.64. The Labute approximate surface area is 172 Å². The number of fused-ring (bicyclic) bond motifs is 3. The van der Waals surface area contributed by atoms with Gasteiger partial charge in [0.15, 0.2) is 0 Å². The topological polar surface area (TPSA) is 46.4 Å². The van der Waals surface area contributed by atoms with Crippen molar-refractivity contribution >= 4 is 57.1 Å². The van der Waals surface area contributed by atoms with E-state index >= 15 is 0 Å². The Morgan fingerprint density at radius 3 is 2.25 bits per heavy atom. The third-order valence-electron chi connectivity index (χ3n) is 4.60. The summed E-state index contributed by atoms with van der Waals surface area (Å²) in [5, 5.41) is 7.41. The molecule has 1 amide bonds. The van der Waals surface area contributed by atoms with Crippen LogP contribution in [0.4, 0.5) is 0 Å². The van der Waals surface area contributed by atoms with Gasteiger partial charge >= 0.3 is 0 Å². The number of aryl methyl sites for hydroxylation is 1. The number of carbonyl (C=O) groups excluding carboxylic acids is 1. The zero-order chi connectivity index (χ0) is 19.5. The second-order valence-electron chi connectivity index (χ2n) is 6.39. The molecule has 140 valence electrons. The standard InChI is InChI=1S/C22H17Cl2N3O/c23-16-10-9-15(19(24)13-16)14-25-26-22(28)11-12-27-20-7-3-1-5-17(20)18-6-2-4-8-21(18)27/h1-10,13-14H,11-12H2,(H,26,28)/b25-14+. The van der Waals surface area contributed by atoms with E-state index in [-0.39, 0.29) is 5.91 Å². The average Bonchev–Trinajstić information content (AvgIpc) is 3.02. The molecule has 6 heteroatoms. The van der Waals surface area contributed by atoms with Crippen molar-refractivity contribution in [1.82, 2.24) is 9.99 Å². The van der Waals surface area contributed by atoms with Gasteiger partial charge in [0.1, 0.15) is 0 Å². The first-order valence-electron chi connectivity index (χ1n) is 8.86. The molecule has 0 aliphatic rings. The molecule has 0 atom stereocenters. The number of rotatable bonds is 5. The molecule has 4 aromatic rings. The lowest BCUT2D eigenvalue weighted by atomic mass is 10.2. The van der Waals surface area contributed by atoms with Crippen LogP contribution in [0.2, 0.25) is 10.0 Å². The van der Waals surface area contributed by atoms with Gasteiger partial charge in [0.2, 0.25) is 5.91 Å². The third-order valence-corrected chi connectivity index (χ3v) is 5.16. The van der Waals surface area contributed by atoms with Crippen LogP contribution in [0.15, 0.2) is 71.8 Å². The number of hydrogen-bond acceptors (Lipinski definition) is 2. The molecule has 0 aliphatic heterocycles. The number of halogens is 2. The molecule has 0 unspecified atom stereocenters. The van der Waals surface area contributed by atoms with Gasteiger partial charge in [0.05, 0.1) is 11.2 Å². The van der Waals surface area contributed by atoms with Gasteiger partial charge in [-0.2, -0.15) is 5.10 Å². The zero-order valence-electron chi connectivity index (χ0n) is 14.9. The smallest absolute Gasteiger partial charge is 0.241 e. The predicted molar refractivity (Wildman–Crippen MR) is 116 cm³/mol. The number of para-hydroxylation sites is 2. The summed E-state index contributed by atoms with van der Waals surface area (Å²) in [4.78, 5) is 12.2. The molecule has 1 N–H and O–H groups in total. The number of nitrogens with zero attached hydrogens (tertiary/aromatic N) is 2. The summed E-state index contributed by atoms with van der Waals surface area (Å²) in [6, 6.07) is 21.6. The zero-order valence-corrected chi connectivity index (χ0v) is 16.4. The van der Waals surface area contributed by atoms with Crippen LogP contribution < -0.4 is 5.43 Å². The molecule has 28 heavy (non-hydrogen) atoms. The number of hydrazone groups is 1. The molecule has 3 aromatic carbocycles. The molecule has 0 saturated heterocycles. The molecule has 0 radical (unpaired) electrons. The molecule has 1 heterocycles. The average molecular weight is 410 g/mol. The Morgan fingerprint density at radius 1 is 0.964 bits per heavy atom. The van der Waals surface area contributed by atoms with Gasteiger partial charge in [0, 0.05) is 45.4 Å². The minimum atomic E-state index is -0.164. The van der Waals surface area contributed by atoms with Crippen molar-refractivity contribution in [3.05, 3.63) is 82.3 Å². The first-order valence-corrected chi connectivity index (χ1v) is 9.62. The van der Waals surface area contributed by atoms with Gasteiger partial charge in [-0.15, -0.1) is 0 Å². The molecule has 0 bridgehead atoms. The summed E-state index contributed by atoms with van der Waals surface area (Å²) in [5.74, 6) is -0.164. The molecule has 0 aliphatic carbocycles. The fourth-order valence-electron chi connectivity index (χ4n) is 3.29.